The molecule has 0 saturated carbocycles. The van der Waals surface area contributed by atoms with Gasteiger partial charge >= 0.3 is 0 Å². The Kier molecular flexibility index (Phi) is 4.16. The Bertz CT molecular complexity index is 521. The normalized spacial score (nSPS) is 12.7. The lowest BCUT2D eigenvalue weighted by atomic mass is 10.1. The van der Waals surface area contributed by atoms with Crippen LogP contribution < -0.4 is 5.73 Å². The zero-order chi connectivity index (χ0) is 13.1. The summed E-state index contributed by atoms with van der Waals surface area (Å²) in [5.74, 6) is 0.810. The Balaban J connectivity index is 2.32. The van der Waals surface area contributed by atoms with E-state index in [1.807, 2.05) is 0 Å². The van der Waals surface area contributed by atoms with Crippen LogP contribution in [0.1, 0.15) is 23.1 Å². The smallest absolute Gasteiger partial charge is 0.129 e. The summed E-state index contributed by atoms with van der Waals surface area (Å²) < 4.78 is 24.9. The van der Waals surface area contributed by atoms with Gasteiger partial charge in [0.2, 0.25) is 0 Å². The molecule has 1 heterocycles. The second-order valence-electron chi connectivity index (χ2n) is 3.85. The number of ether oxygens (including phenoxy) is 1. The Morgan fingerprint density at radius 2 is 2.17 bits per heavy atom. The van der Waals surface area contributed by atoms with Gasteiger partial charge in [0.25, 0.3) is 0 Å². The molecule has 0 amide bonds. The Labute approximate surface area is 113 Å². The molecule has 0 spiro atoms. The minimum Gasteiger partial charge on any atom is -0.462 e. The predicted octanol–water partition coefficient (Wildman–Crippen LogP) is 3.38. The summed E-state index contributed by atoms with van der Waals surface area (Å²) in [6.45, 7) is 0.366. The van der Waals surface area contributed by atoms with Gasteiger partial charge in [-0.25, -0.2) is 4.39 Å². The maximum absolute atomic E-state index is 13.8. The molecule has 18 heavy (non-hydrogen) atoms. The molecule has 1 atom stereocenters. The summed E-state index contributed by atoms with van der Waals surface area (Å²) in [6.07, 6.45) is 0. The average Bonchev–Trinajstić information content (AvgIpc) is 2.78. The standard InChI is InChI=1S/C13H13BrFNO2/c1-17-7-8-5-6-11(18-8)13(16)12-9(14)3-2-4-10(12)15/h2-6,13H,7,16H2,1H3. The van der Waals surface area contributed by atoms with E-state index in [0.717, 1.165) is 0 Å². The molecular weight excluding hydrogens is 301 g/mol. The lowest BCUT2D eigenvalue weighted by Gasteiger charge is -2.12. The van der Waals surface area contributed by atoms with Crippen molar-refractivity contribution in [3.8, 4) is 0 Å². The molecule has 0 saturated heterocycles. The SMILES string of the molecule is COCc1ccc(C(N)c2c(F)cccc2Br)o1. The second-order valence-corrected chi connectivity index (χ2v) is 4.70. The molecule has 1 aromatic carbocycles. The number of hydrogen-bond donors (Lipinski definition) is 1. The van der Waals surface area contributed by atoms with Crippen LogP contribution in [0.25, 0.3) is 0 Å². The topological polar surface area (TPSA) is 48.4 Å². The van der Waals surface area contributed by atoms with Crippen LogP contribution in [0, 0.1) is 5.82 Å². The van der Waals surface area contributed by atoms with Gasteiger partial charge in [0.15, 0.2) is 0 Å². The van der Waals surface area contributed by atoms with E-state index in [4.69, 9.17) is 14.9 Å². The summed E-state index contributed by atoms with van der Waals surface area (Å²) in [4.78, 5) is 0. The first-order valence-electron chi connectivity index (χ1n) is 5.40. The Morgan fingerprint density at radius 3 is 2.83 bits per heavy atom. The van der Waals surface area contributed by atoms with Crippen molar-refractivity contribution in [2.24, 2.45) is 5.73 Å². The Morgan fingerprint density at radius 1 is 1.39 bits per heavy atom. The highest BCUT2D eigenvalue weighted by Crippen LogP contribution is 2.30. The molecule has 2 N–H and O–H groups in total. The zero-order valence-electron chi connectivity index (χ0n) is 9.82. The third-order valence-corrected chi connectivity index (χ3v) is 3.28. The molecule has 0 aliphatic rings. The molecule has 0 fully saturated rings. The molecule has 2 aromatic rings. The molecular formula is C13H13BrFNO2. The van der Waals surface area contributed by atoms with Crippen molar-refractivity contribution >= 4 is 15.9 Å². The summed E-state index contributed by atoms with van der Waals surface area (Å²) >= 11 is 3.30. The number of methoxy groups -OCH3 is 1. The van der Waals surface area contributed by atoms with Gasteiger partial charge in [-0.2, -0.15) is 0 Å². The van der Waals surface area contributed by atoms with Crippen molar-refractivity contribution in [3.05, 3.63) is 57.7 Å². The monoisotopic (exact) mass is 313 g/mol. The first kappa shape index (κ1) is 13.3. The van der Waals surface area contributed by atoms with Crippen LogP contribution in [0.15, 0.2) is 39.2 Å². The molecule has 1 aromatic heterocycles. The van der Waals surface area contributed by atoms with Gasteiger partial charge < -0.3 is 14.9 Å². The molecule has 0 aliphatic heterocycles. The number of rotatable bonds is 4. The maximum Gasteiger partial charge on any atom is 0.129 e. The summed E-state index contributed by atoms with van der Waals surface area (Å²) in [5, 5.41) is 0. The molecule has 0 radical (unpaired) electrons. The van der Waals surface area contributed by atoms with Gasteiger partial charge in [0, 0.05) is 17.1 Å². The van der Waals surface area contributed by atoms with E-state index >= 15 is 0 Å². The van der Waals surface area contributed by atoms with E-state index in [0.29, 0.717) is 28.2 Å². The van der Waals surface area contributed by atoms with Crippen LogP contribution in [0.3, 0.4) is 0 Å². The maximum atomic E-state index is 13.8. The van der Waals surface area contributed by atoms with Crippen LogP contribution in [0.2, 0.25) is 0 Å². The van der Waals surface area contributed by atoms with Crippen molar-refractivity contribution in [3.63, 3.8) is 0 Å². The van der Waals surface area contributed by atoms with Gasteiger partial charge in [0.1, 0.15) is 23.9 Å². The lowest BCUT2D eigenvalue weighted by molar-refractivity contribution is 0.162. The largest absolute Gasteiger partial charge is 0.462 e. The van der Waals surface area contributed by atoms with E-state index in [1.165, 1.54) is 6.07 Å². The van der Waals surface area contributed by atoms with E-state index in [1.54, 1.807) is 31.4 Å². The highest BCUT2D eigenvalue weighted by Gasteiger charge is 2.19. The van der Waals surface area contributed by atoms with Gasteiger partial charge in [-0.1, -0.05) is 22.0 Å². The first-order valence-corrected chi connectivity index (χ1v) is 6.20. The fraction of sp³-hybridized carbons (Fsp3) is 0.231. The van der Waals surface area contributed by atoms with E-state index < -0.39 is 6.04 Å². The van der Waals surface area contributed by atoms with Gasteiger partial charge in [-0.15, -0.1) is 0 Å². The van der Waals surface area contributed by atoms with E-state index in [-0.39, 0.29) is 5.82 Å². The quantitative estimate of drug-likeness (QED) is 0.941. The van der Waals surface area contributed by atoms with Crippen LogP contribution in [-0.4, -0.2) is 7.11 Å². The molecule has 5 heteroatoms. The number of benzene rings is 1. The zero-order valence-corrected chi connectivity index (χ0v) is 11.4. The minimum atomic E-state index is -0.647. The first-order chi connectivity index (χ1) is 8.63. The molecule has 96 valence electrons. The molecule has 0 aliphatic carbocycles. The third kappa shape index (κ3) is 2.63. The number of furan rings is 1. The number of halogens is 2. The number of nitrogens with two attached hydrogens (primary N) is 1. The molecule has 0 bridgehead atoms. The highest BCUT2D eigenvalue weighted by molar-refractivity contribution is 9.10. The van der Waals surface area contributed by atoms with Crippen LogP contribution in [0.5, 0.6) is 0 Å². The van der Waals surface area contributed by atoms with Crippen molar-refractivity contribution in [1.82, 2.24) is 0 Å². The summed E-state index contributed by atoms with van der Waals surface area (Å²) in [5.41, 5.74) is 6.41. The third-order valence-electron chi connectivity index (χ3n) is 2.59. The van der Waals surface area contributed by atoms with Crippen molar-refractivity contribution in [2.75, 3.05) is 7.11 Å². The fourth-order valence-electron chi connectivity index (χ4n) is 1.73. The fourth-order valence-corrected chi connectivity index (χ4v) is 2.32. The van der Waals surface area contributed by atoms with Gasteiger partial charge in [-0.05, 0) is 24.3 Å². The number of hydrogen-bond acceptors (Lipinski definition) is 3. The average molecular weight is 314 g/mol. The van der Waals surface area contributed by atoms with Gasteiger partial charge in [0.05, 0.1) is 6.04 Å². The van der Waals surface area contributed by atoms with E-state index in [2.05, 4.69) is 15.9 Å². The Hall–Kier alpha value is -1.17. The van der Waals surface area contributed by atoms with Crippen LogP contribution >= 0.6 is 15.9 Å². The molecule has 3 nitrogen and oxygen atoms in total. The van der Waals surface area contributed by atoms with Crippen molar-refractivity contribution in [2.45, 2.75) is 12.6 Å². The van der Waals surface area contributed by atoms with E-state index in [9.17, 15) is 4.39 Å². The predicted molar refractivity (Wildman–Crippen MR) is 69.6 cm³/mol. The molecule has 1 unspecified atom stereocenters. The van der Waals surface area contributed by atoms with Crippen molar-refractivity contribution < 1.29 is 13.5 Å². The van der Waals surface area contributed by atoms with Crippen molar-refractivity contribution in [1.29, 1.82) is 0 Å². The lowest BCUT2D eigenvalue weighted by Crippen LogP contribution is -2.13. The van der Waals surface area contributed by atoms with Crippen LogP contribution in [-0.2, 0) is 11.3 Å². The summed E-state index contributed by atoms with van der Waals surface area (Å²) in [7, 11) is 1.58. The minimum absolute atomic E-state index is 0.360. The highest BCUT2D eigenvalue weighted by atomic mass is 79.9. The second kappa shape index (κ2) is 5.65. The van der Waals surface area contributed by atoms with Crippen LogP contribution in [0.4, 0.5) is 4.39 Å². The molecule has 2 rings (SSSR count). The summed E-state index contributed by atoms with van der Waals surface area (Å²) in [6, 6.07) is 7.60. The van der Waals surface area contributed by atoms with Gasteiger partial charge in [-0.3, -0.25) is 0 Å².